The minimum absolute atomic E-state index is 0.250. The van der Waals surface area contributed by atoms with Gasteiger partial charge < -0.3 is 19.4 Å². The first-order chi connectivity index (χ1) is 12.3. The molecule has 27 heavy (non-hydrogen) atoms. The third kappa shape index (κ3) is 5.56. The number of hydrogen-bond acceptors (Lipinski definition) is 5. The molecule has 0 bridgehead atoms. The summed E-state index contributed by atoms with van der Waals surface area (Å²) in [6, 6.07) is 1.94. The highest BCUT2D eigenvalue weighted by Gasteiger charge is 2.52. The molecule has 1 aliphatic heterocycles. The number of carbonyl (C=O) groups is 1. The van der Waals surface area contributed by atoms with Crippen LogP contribution >= 0.6 is 0 Å². The molecule has 1 fully saturated rings. The standard InChI is InChI=1S/C20H31BN2O4/c1-14-9-10-22-12-15(14)11-16(13-23-17(24)25-18(2,3)4)21-26-19(5,6)20(7,8)27-21/h9-12H,13H2,1-8H3,(H,23,24). The molecule has 0 aromatic carbocycles. The molecule has 2 rings (SSSR count). The number of amides is 1. The summed E-state index contributed by atoms with van der Waals surface area (Å²) in [5.41, 5.74) is 1.34. The number of aromatic nitrogens is 1. The predicted octanol–water partition coefficient (Wildman–Crippen LogP) is 3.93. The maximum atomic E-state index is 12.1. The largest absolute Gasteiger partial charge is 0.492 e. The van der Waals surface area contributed by atoms with Gasteiger partial charge in [-0.1, -0.05) is 6.08 Å². The van der Waals surface area contributed by atoms with E-state index in [2.05, 4.69) is 10.3 Å². The van der Waals surface area contributed by atoms with Crippen LogP contribution in [0.1, 0.15) is 59.6 Å². The van der Waals surface area contributed by atoms with Gasteiger partial charge in [-0.2, -0.15) is 0 Å². The zero-order valence-corrected chi connectivity index (χ0v) is 17.7. The highest BCUT2D eigenvalue weighted by molar-refractivity contribution is 6.56. The summed E-state index contributed by atoms with van der Waals surface area (Å²) < 4.78 is 17.7. The number of aryl methyl sites for hydroxylation is 1. The lowest BCUT2D eigenvalue weighted by molar-refractivity contribution is 0.00578. The van der Waals surface area contributed by atoms with Gasteiger partial charge >= 0.3 is 13.2 Å². The van der Waals surface area contributed by atoms with Crippen LogP contribution in [0.2, 0.25) is 0 Å². The predicted molar refractivity (Wildman–Crippen MR) is 107 cm³/mol. The number of carbonyl (C=O) groups excluding carboxylic acids is 1. The number of nitrogens with zero attached hydrogens (tertiary/aromatic N) is 1. The SMILES string of the molecule is Cc1ccncc1C=C(CNC(=O)OC(C)(C)C)B1OC(C)(C)C(C)(C)O1. The van der Waals surface area contributed by atoms with Crippen LogP contribution in [0.3, 0.4) is 0 Å². The molecular weight excluding hydrogens is 343 g/mol. The van der Waals surface area contributed by atoms with Gasteiger partial charge in [0.15, 0.2) is 0 Å². The Hall–Kier alpha value is -1.86. The van der Waals surface area contributed by atoms with Crippen molar-refractivity contribution in [2.45, 2.75) is 72.2 Å². The van der Waals surface area contributed by atoms with Crippen LogP contribution in [0.25, 0.3) is 6.08 Å². The van der Waals surface area contributed by atoms with E-state index >= 15 is 0 Å². The third-order valence-electron chi connectivity index (χ3n) is 4.81. The van der Waals surface area contributed by atoms with Crippen molar-refractivity contribution in [3.8, 4) is 0 Å². The second-order valence-electron chi connectivity index (χ2n) is 8.90. The van der Waals surface area contributed by atoms with Crippen molar-refractivity contribution in [1.82, 2.24) is 10.3 Å². The highest BCUT2D eigenvalue weighted by atomic mass is 16.7. The van der Waals surface area contributed by atoms with E-state index in [0.29, 0.717) is 0 Å². The summed E-state index contributed by atoms with van der Waals surface area (Å²) in [5.74, 6) is 0. The van der Waals surface area contributed by atoms with Crippen molar-refractivity contribution in [3.05, 3.63) is 35.1 Å². The van der Waals surface area contributed by atoms with Crippen molar-refractivity contribution < 1.29 is 18.8 Å². The zero-order chi connectivity index (χ0) is 20.5. The van der Waals surface area contributed by atoms with Crippen LogP contribution in [0.4, 0.5) is 4.79 Å². The van der Waals surface area contributed by atoms with E-state index < -0.39 is 30.0 Å². The second kappa shape index (κ2) is 7.64. The fraction of sp³-hybridized carbons (Fsp3) is 0.600. The first-order valence-corrected chi connectivity index (χ1v) is 9.24. The van der Waals surface area contributed by atoms with E-state index in [0.717, 1.165) is 16.6 Å². The smallest absolute Gasteiger partial charge is 0.444 e. The van der Waals surface area contributed by atoms with Gasteiger partial charge in [0.25, 0.3) is 0 Å². The Balaban J connectivity index is 2.25. The van der Waals surface area contributed by atoms with Crippen LogP contribution in [0.15, 0.2) is 23.9 Å². The summed E-state index contributed by atoms with van der Waals surface area (Å²) in [5, 5.41) is 2.80. The van der Waals surface area contributed by atoms with E-state index in [1.165, 1.54) is 0 Å². The average molecular weight is 374 g/mol. The third-order valence-corrected chi connectivity index (χ3v) is 4.81. The molecule has 0 radical (unpaired) electrons. The first kappa shape index (κ1) is 21.4. The Morgan fingerprint density at radius 2 is 1.85 bits per heavy atom. The number of hydrogen-bond donors (Lipinski definition) is 1. The Bertz CT molecular complexity index is 707. The Kier molecular flexibility index (Phi) is 6.07. The molecule has 1 saturated heterocycles. The summed E-state index contributed by atoms with van der Waals surface area (Å²) >= 11 is 0. The fourth-order valence-corrected chi connectivity index (χ4v) is 2.51. The number of nitrogens with one attached hydrogen (secondary N) is 1. The lowest BCUT2D eigenvalue weighted by Gasteiger charge is -2.32. The lowest BCUT2D eigenvalue weighted by atomic mass is 9.77. The molecule has 0 saturated carbocycles. The van der Waals surface area contributed by atoms with Crippen LogP contribution in [0.5, 0.6) is 0 Å². The van der Waals surface area contributed by atoms with Gasteiger partial charge in [0.05, 0.1) is 11.2 Å². The molecule has 1 amide bonds. The van der Waals surface area contributed by atoms with Crippen molar-refractivity contribution in [3.63, 3.8) is 0 Å². The summed E-state index contributed by atoms with van der Waals surface area (Å²) in [7, 11) is -0.565. The molecule has 1 aromatic rings. The molecular formula is C20H31BN2O4. The molecule has 0 aliphatic carbocycles. The molecule has 0 spiro atoms. The minimum atomic E-state index is -0.565. The van der Waals surface area contributed by atoms with Gasteiger partial charge in [-0.3, -0.25) is 4.98 Å². The van der Waals surface area contributed by atoms with Gasteiger partial charge in [0.1, 0.15) is 5.60 Å². The monoisotopic (exact) mass is 374 g/mol. The van der Waals surface area contributed by atoms with E-state index in [-0.39, 0.29) is 6.54 Å². The van der Waals surface area contributed by atoms with Crippen molar-refractivity contribution in [2.75, 3.05) is 6.54 Å². The van der Waals surface area contributed by atoms with Crippen LogP contribution < -0.4 is 5.32 Å². The van der Waals surface area contributed by atoms with Crippen LogP contribution in [-0.4, -0.2) is 41.5 Å². The number of alkyl carbamates (subject to hydrolysis) is 1. The molecule has 148 valence electrons. The van der Waals surface area contributed by atoms with Crippen molar-refractivity contribution in [1.29, 1.82) is 0 Å². The minimum Gasteiger partial charge on any atom is -0.444 e. The normalized spacial score (nSPS) is 19.1. The molecule has 0 atom stereocenters. The maximum Gasteiger partial charge on any atom is 0.492 e. The van der Waals surface area contributed by atoms with Gasteiger partial charge in [0.2, 0.25) is 0 Å². The Labute approximate surface area is 162 Å². The Morgan fingerprint density at radius 1 is 1.26 bits per heavy atom. The number of rotatable bonds is 4. The fourth-order valence-electron chi connectivity index (χ4n) is 2.51. The highest BCUT2D eigenvalue weighted by Crippen LogP contribution is 2.38. The maximum absolute atomic E-state index is 12.1. The number of pyridine rings is 1. The second-order valence-corrected chi connectivity index (χ2v) is 8.90. The topological polar surface area (TPSA) is 69.7 Å². The first-order valence-electron chi connectivity index (χ1n) is 9.24. The summed E-state index contributed by atoms with van der Waals surface area (Å²) in [6.07, 6.45) is 5.02. The van der Waals surface area contributed by atoms with E-state index in [1.54, 1.807) is 12.4 Å². The average Bonchev–Trinajstić information content (AvgIpc) is 2.71. The van der Waals surface area contributed by atoms with Crippen LogP contribution in [0, 0.1) is 6.92 Å². The molecule has 0 unspecified atom stereocenters. The molecule has 1 aromatic heterocycles. The molecule has 1 aliphatic rings. The summed E-state index contributed by atoms with van der Waals surface area (Å²) in [4.78, 5) is 16.3. The number of ether oxygens (including phenoxy) is 1. The quantitative estimate of drug-likeness (QED) is 0.809. The lowest BCUT2D eigenvalue weighted by Crippen LogP contribution is -2.41. The van der Waals surface area contributed by atoms with Gasteiger partial charge in [-0.25, -0.2) is 4.79 Å². The van der Waals surface area contributed by atoms with Gasteiger partial charge in [-0.15, -0.1) is 0 Å². The zero-order valence-electron chi connectivity index (χ0n) is 17.7. The summed E-state index contributed by atoms with van der Waals surface area (Å²) in [6.45, 7) is 15.8. The van der Waals surface area contributed by atoms with E-state index in [9.17, 15) is 4.79 Å². The van der Waals surface area contributed by atoms with E-state index in [1.807, 2.05) is 67.5 Å². The van der Waals surface area contributed by atoms with Crippen molar-refractivity contribution >= 4 is 19.3 Å². The van der Waals surface area contributed by atoms with Gasteiger partial charge in [0, 0.05) is 18.9 Å². The molecule has 7 heteroatoms. The van der Waals surface area contributed by atoms with Crippen molar-refractivity contribution in [2.24, 2.45) is 0 Å². The van der Waals surface area contributed by atoms with Crippen LogP contribution in [-0.2, 0) is 14.0 Å². The van der Waals surface area contributed by atoms with Gasteiger partial charge in [-0.05, 0) is 78.1 Å². The molecule has 6 nitrogen and oxygen atoms in total. The molecule has 1 N–H and O–H groups in total. The molecule has 2 heterocycles. The van der Waals surface area contributed by atoms with E-state index in [4.69, 9.17) is 14.0 Å². The Morgan fingerprint density at radius 3 is 2.37 bits per heavy atom.